The molecule has 0 radical (unpaired) electrons. The van der Waals surface area contributed by atoms with Gasteiger partial charge in [-0.3, -0.25) is 4.79 Å². The molecule has 0 saturated carbocycles. The van der Waals surface area contributed by atoms with Gasteiger partial charge in [0.15, 0.2) is 10.3 Å². The summed E-state index contributed by atoms with van der Waals surface area (Å²) in [6.45, 7) is 6.59. The number of carbonyl (C=O) groups is 1. The zero-order chi connectivity index (χ0) is 18.5. The summed E-state index contributed by atoms with van der Waals surface area (Å²) in [6, 6.07) is 10.2. The van der Waals surface area contributed by atoms with Gasteiger partial charge >= 0.3 is 0 Å². The monoisotopic (exact) mass is 387 g/mol. The molecule has 0 spiro atoms. The zero-order valence-corrected chi connectivity index (χ0v) is 16.6. The van der Waals surface area contributed by atoms with E-state index >= 15 is 0 Å². The SMILES string of the molecule is CCn1c(Cc2ccccc2)nnc1S[C@@H](C)C(=O)Nc1nc(C)cs1. The molecule has 1 N–H and O–H groups in total. The van der Waals surface area contributed by atoms with Gasteiger partial charge in [0.2, 0.25) is 5.91 Å². The Bertz CT molecular complexity index is 875. The predicted octanol–water partition coefficient (Wildman–Crippen LogP) is 3.77. The predicted molar refractivity (Wildman–Crippen MR) is 106 cm³/mol. The summed E-state index contributed by atoms with van der Waals surface area (Å²) in [5, 5.41) is 14.5. The molecular formula is C18H21N5OS2. The summed E-state index contributed by atoms with van der Waals surface area (Å²) < 4.78 is 2.06. The normalized spacial score (nSPS) is 12.1. The van der Waals surface area contributed by atoms with Crippen molar-refractivity contribution in [1.82, 2.24) is 19.7 Å². The maximum atomic E-state index is 12.4. The van der Waals surface area contributed by atoms with Crippen molar-refractivity contribution in [2.24, 2.45) is 0 Å². The average molecular weight is 388 g/mol. The number of thiazole rings is 1. The van der Waals surface area contributed by atoms with Crippen LogP contribution in [0.3, 0.4) is 0 Å². The lowest BCUT2D eigenvalue weighted by Gasteiger charge is -2.11. The fourth-order valence-corrected chi connectivity index (χ4v) is 4.09. The molecule has 1 atom stereocenters. The molecule has 0 fully saturated rings. The van der Waals surface area contributed by atoms with E-state index in [9.17, 15) is 4.79 Å². The van der Waals surface area contributed by atoms with Gasteiger partial charge in [-0.15, -0.1) is 21.5 Å². The third-order valence-corrected chi connectivity index (χ3v) is 5.77. The van der Waals surface area contributed by atoms with Crippen molar-refractivity contribution >= 4 is 34.1 Å². The van der Waals surface area contributed by atoms with Crippen molar-refractivity contribution in [3.05, 3.63) is 52.8 Å². The van der Waals surface area contributed by atoms with E-state index < -0.39 is 0 Å². The van der Waals surface area contributed by atoms with Crippen LogP contribution in [0.5, 0.6) is 0 Å². The van der Waals surface area contributed by atoms with Crippen LogP contribution in [0.4, 0.5) is 5.13 Å². The number of thioether (sulfide) groups is 1. The molecule has 8 heteroatoms. The van der Waals surface area contributed by atoms with Gasteiger partial charge in [0, 0.05) is 18.3 Å². The van der Waals surface area contributed by atoms with Crippen LogP contribution in [-0.2, 0) is 17.8 Å². The lowest BCUT2D eigenvalue weighted by molar-refractivity contribution is -0.115. The van der Waals surface area contributed by atoms with E-state index in [0.717, 1.165) is 29.6 Å². The van der Waals surface area contributed by atoms with Gasteiger partial charge in [0.1, 0.15) is 5.82 Å². The lowest BCUT2D eigenvalue weighted by atomic mass is 10.1. The lowest BCUT2D eigenvalue weighted by Crippen LogP contribution is -2.23. The molecule has 0 aliphatic carbocycles. The van der Waals surface area contributed by atoms with Gasteiger partial charge in [-0.05, 0) is 26.3 Å². The number of amides is 1. The summed E-state index contributed by atoms with van der Waals surface area (Å²) >= 11 is 2.84. The molecule has 26 heavy (non-hydrogen) atoms. The molecule has 136 valence electrons. The van der Waals surface area contributed by atoms with Crippen LogP contribution in [0.25, 0.3) is 0 Å². The van der Waals surface area contributed by atoms with E-state index in [1.165, 1.54) is 28.7 Å². The zero-order valence-electron chi connectivity index (χ0n) is 15.0. The number of aryl methyl sites for hydroxylation is 1. The molecule has 0 unspecified atom stereocenters. The van der Waals surface area contributed by atoms with Crippen LogP contribution in [0.2, 0.25) is 0 Å². The van der Waals surface area contributed by atoms with Crippen molar-refractivity contribution in [1.29, 1.82) is 0 Å². The van der Waals surface area contributed by atoms with Crippen LogP contribution in [0.15, 0.2) is 40.9 Å². The van der Waals surface area contributed by atoms with Gasteiger partial charge < -0.3 is 9.88 Å². The minimum atomic E-state index is -0.293. The van der Waals surface area contributed by atoms with Crippen molar-refractivity contribution in [2.75, 3.05) is 5.32 Å². The Morgan fingerprint density at radius 2 is 2.08 bits per heavy atom. The number of hydrogen-bond donors (Lipinski definition) is 1. The highest BCUT2D eigenvalue weighted by molar-refractivity contribution is 8.00. The summed E-state index contributed by atoms with van der Waals surface area (Å²) in [5.41, 5.74) is 2.10. The molecule has 0 bridgehead atoms. The van der Waals surface area contributed by atoms with E-state index in [4.69, 9.17) is 0 Å². The van der Waals surface area contributed by atoms with Gasteiger partial charge in [-0.25, -0.2) is 4.98 Å². The minimum absolute atomic E-state index is 0.0837. The highest BCUT2D eigenvalue weighted by atomic mass is 32.2. The van der Waals surface area contributed by atoms with Crippen molar-refractivity contribution in [3.63, 3.8) is 0 Å². The number of benzene rings is 1. The number of nitrogens with zero attached hydrogens (tertiary/aromatic N) is 4. The third-order valence-electron chi connectivity index (χ3n) is 3.82. The highest BCUT2D eigenvalue weighted by Crippen LogP contribution is 2.25. The summed E-state index contributed by atoms with van der Waals surface area (Å²) in [6.07, 6.45) is 0.723. The Morgan fingerprint density at radius 1 is 1.31 bits per heavy atom. The first-order valence-electron chi connectivity index (χ1n) is 8.42. The van der Waals surface area contributed by atoms with Crippen LogP contribution in [0.1, 0.15) is 30.9 Å². The highest BCUT2D eigenvalue weighted by Gasteiger charge is 2.20. The number of carbonyl (C=O) groups excluding carboxylic acids is 1. The van der Waals surface area contributed by atoms with Gasteiger partial charge in [-0.1, -0.05) is 42.1 Å². The second kappa shape index (κ2) is 8.46. The molecule has 6 nitrogen and oxygen atoms in total. The van der Waals surface area contributed by atoms with Crippen LogP contribution in [-0.4, -0.2) is 30.9 Å². The molecule has 2 aromatic heterocycles. The maximum absolute atomic E-state index is 12.4. The molecule has 0 aliphatic heterocycles. The molecule has 1 amide bonds. The van der Waals surface area contributed by atoms with Crippen LogP contribution < -0.4 is 5.32 Å². The van der Waals surface area contributed by atoms with Crippen molar-refractivity contribution in [3.8, 4) is 0 Å². The number of hydrogen-bond acceptors (Lipinski definition) is 6. The first-order chi connectivity index (χ1) is 12.6. The van der Waals surface area contributed by atoms with E-state index in [0.29, 0.717) is 5.13 Å². The second-order valence-corrected chi connectivity index (χ2v) is 8.01. The van der Waals surface area contributed by atoms with E-state index in [1.54, 1.807) is 0 Å². The third kappa shape index (κ3) is 4.50. The second-order valence-electron chi connectivity index (χ2n) is 5.85. The Kier molecular flexibility index (Phi) is 6.05. The molecule has 3 aromatic rings. The van der Waals surface area contributed by atoms with Crippen molar-refractivity contribution in [2.45, 2.75) is 44.1 Å². The molecule has 2 heterocycles. The Balaban J connectivity index is 1.68. The number of anilines is 1. The van der Waals surface area contributed by atoms with E-state index in [-0.39, 0.29) is 11.2 Å². The first-order valence-corrected chi connectivity index (χ1v) is 10.2. The Labute approximate surface area is 161 Å². The fraction of sp³-hybridized carbons (Fsp3) is 0.333. The van der Waals surface area contributed by atoms with Gasteiger partial charge in [0.05, 0.1) is 10.9 Å². The molecule has 0 aliphatic rings. The maximum Gasteiger partial charge on any atom is 0.239 e. The molecular weight excluding hydrogens is 366 g/mol. The quantitative estimate of drug-likeness (QED) is 0.625. The van der Waals surface area contributed by atoms with Crippen molar-refractivity contribution < 1.29 is 4.79 Å². The van der Waals surface area contributed by atoms with Crippen LogP contribution in [0, 0.1) is 6.92 Å². The minimum Gasteiger partial charge on any atom is -0.306 e. The number of aromatic nitrogens is 4. The standard InChI is InChI=1S/C18H21N5OS2/c1-4-23-15(10-14-8-6-5-7-9-14)21-22-18(23)26-13(3)16(24)20-17-19-12(2)11-25-17/h5-9,11,13H,4,10H2,1-3H3,(H,19,20,24)/t13-/m0/s1. The topological polar surface area (TPSA) is 72.7 Å². The van der Waals surface area contributed by atoms with E-state index in [2.05, 4.69) is 44.1 Å². The fourth-order valence-electron chi connectivity index (χ4n) is 2.46. The smallest absolute Gasteiger partial charge is 0.239 e. The summed E-state index contributed by atoms with van der Waals surface area (Å²) in [4.78, 5) is 16.7. The first kappa shape index (κ1) is 18.6. The largest absolute Gasteiger partial charge is 0.306 e. The van der Waals surface area contributed by atoms with Crippen LogP contribution >= 0.6 is 23.1 Å². The van der Waals surface area contributed by atoms with E-state index in [1.807, 2.05) is 37.4 Å². The number of rotatable bonds is 7. The molecule has 1 aromatic carbocycles. The Hall–Kier alpha value is -2.19. The number of nitrogens with one attached hydrogen (secondary N) is 1. The van der Waals surface area contributed by atoms with Gasteiger partial charge in [-0.2, -0.15) is 0 Å². The molecule has 0 saturated heterocycles. The summed E-state index contributed by atoms with van der Waals surface area (Å²) in [5.74, 6) is 0.823. The average Bonchev–Trinajstić information content (AvgIpc) is 3.21. The molecule has 3 rings (SSSR count). The van der Waals surface area contributed by atoms with Gasteiger partial charge in [0.25, 0.3) is 0 Å². The summed E-state index contributed by atoms with van der Waals surface area (Å²) in [7, 11) is 0. The Morgan fingerprint density at radius 3 is 2.73 bits per heavy atom.